The van der Waals surface area contributed by atoms with Gasteiger partial charge in [-0.15, -0.1) is 0 Å². The molecule has 0 bridgehead atoms. The van der Waals surface area contributed by atoms with Crippen LogP contribution in [0.15, 0.2) is 76.3 Å². The van der Waals surface area contributed by atoms with Gasteiger partial charge in [0.25, 0.3) is 5.91 Å². The Labute approximate surface area is 182 Å². The van der Waals surface area contributed by atoms with Gasteiger partial charge >= 0.3 is 11.1 Å². The number of carbonyl (C=O) groups excluding carboxylic acids is 1. The molecule has 0 aliphatic carbocycles. The monoisotopic (exact) mass is 435 g/mol. The van der Waals surface area contributed by atoms with Crippen LogP contribution in [0.25, 0.3) is 11.0 Å². The lowest BCUT2D eigenvalue weighted by molar-refractivity contribution is 0.102. The molecule has 1 amide bonds. The molecule has 0 aliphatic heterocycles. The molecule has 0 atom stereocenters. The second-order valence-electron chi connectivity index (χ2n) is 6.91. The molecular weight excluding hydrogens is 418 g/mol. The van der Waals surface area contributed by atoms with Crippen LogP contribution in [-0.4, -0.2) is 15.0 Å². The number of anilines is 1. The molecule has 0 saturated carbocycles. The topological polar surface area (TPSA) is 82.3 Å². The summed E-state index contributed by atoms with van der Waals surface area (Å²) in [5.74, 6) is 0.426. The molecule has 7 nitrogen and oxygen atoms in total. The number of fused-ring (bicyclic) bond motifs is 1. The summed E-state index contributed by atoms with van der Waals surface area (Å²) in [7, 11) is 3.02. The molecule has 0 radical (unpaired) electrons. The van der Waals surface area contributed by atoms with Crippen LogP contribution in [0.4, 0.5) is 5.69 Å². The van der Waals surface area contributed by atoms with E-state index in [1.165, 1.54) is 23.2 Å². The van der Waals surface area contributed by atoms with Gasteiger partial charge in [-0.1, -0.05) is 41.9 Å². The highest BCUT2D eigenvalue weighted by atomic mass is 35.5. The number of halogens is 1. The van der Waals surface area contributed by atoms with Crippen LogP contribution in [0.1, 0.15) is 10.4 Å². The summed E-state index contributed by atoms with van der Waals surface area (Å²) in [6.45, 7) is 0. The number of ether oxygens (including phenoxy) is 1. The number of aromatic nitrogens is 2. The summed E-state index contributed by atoms with van der Waals surface area (Å²) in [5, 5.41) is 3.12. The number of aryl methyl sites for hydroxylation is 2. The molecule has 156 valence electrons. The van der Waals surface area contributed by atoms with Gasteiger partial charge in [-0.05, 0) is 30.3 Å². The molecule has 1 N–H and O–H groups in total. The molecule has 3 aromatic carbocycles. The summed E-state index contributed by atoms with van der Waals surface area (Å²) in [5.41, 5.74) is 0.235. The largest absolute Gasteiger partial charge is 0.455 e. The zero-order valence-corrected chi connectivity index (χ0v) is 17.5. The Morgan fingerprint density at radius 3 is 2.10 bits per heavy atom. The van der Waals surface area contributed by atoms with Gasteiger partial charge in [0.2, 0.25) is 0 Å². The van der Waals surface area contributed by atoms with Gasteiger partial charge in [-0.2, -0.15) is 0 Å². The number of hydrogen-bond acceptors (Lipinski definition) is 4. The lowest BCUT2D eigenvalue weighted by Gasteiger charge is -2.16. The fourth-order valence-electron chi connectivity index (χ4n) is 3.23. The number of nitrogens with zero attached hydrogens (tertiary/aromatic N) is 2. The van der Waals surface area contributed by atoms with Crippen LogP contribution < -0.4 is 21.2 Å². The normalized spacial score (nSPS) is 10.8. The van der Waals surface area contributed by atoms with Gasteiger partial charge < -0.3 is 19.2 Å². The maximum absolute atomic E-state index is 12.9. The Morgan fingerprint density at radius 1 is 0.871 bits per heavy atom. The van der Waals surface area contributed by atoms with Crippen LogP contribution in [0, 0.1) is 0 Å². The summed E-state index contributed by atoms with van der Waals surface area (Å²) in [4.78, 5) is 37.4. The second-order valence-corrected chi connectivity index (χ2v) is 7.32. The van der Waals surface area contributed by atoms with Crippen molar-refractivity contribution in [3.8, 4) is 11.5 Å². The average molecular weight is 436 g/mol. The molecule has 0 unspecified atom stereocenters. The minimum atomic E-state index is -0.671. The van der Waals surface area contributed by atoms with Crippen molar-refractivity contribution in [3.05, 3.63) is 98.0 Å². The highest BCUT2D eigenvalue weighted by Gasteiger charge is 2.17. The third kappa shape index (κ3) is 3.83. The molecule has 0 spiro atoms. The van der Waals surface area contributed by atoms with Crippen LogP contribution in [-0.2, 0) is 14.1 Å². The summed E-state index contributed by atoms with van der Waals surface area (Å²) in [6, 6.07) is 18.9. The van der Waals surface area contributed by atoms with Crippen LogP contribution >= 0.6 is 11.6 Å². The van der Waals surface area contributed by atoms with Gasteiger partial charge in [-0.25, -0.2) is 0 Å². The van der Waals surface area contributed by atoms with Crippen molar-refractivity contribution >= 4 is 34.2 Å². The number of rotatable bonds is 4. The number of para-hydroxylation sites is 1. The zero-order valence-electron chi connectivity index (χ0n) is 16.8. The predicted octanol–water partition coefficient (Wildman–Crippen LogP) is 3.94. The summed E-state index contributed by atoms with van der Waals surface area (Å²) < 4.78 is 8.50. The van der Waals surface area contributed by atoms with Crippen LogP contribution in [0.2, 0.25) is 5.02 Å². The highest BCUT2D eigenvalue weighted by molar-refractivity contribution is 6.34. The number of benzene rings is 3. The van der Waals surface area contributed by atoms with Crippen LogP contribution in [0.3, 0.4) is 0 Å². The SMILES string of the molecule is Cn1c(=O)c(=O)n(C)c2cc(Oc3ccccc3)c(NC(=O)c3ccccc3Cl)cc21. The molecule has 0 saturated heterocycles. The highest BCUT2D eigenvalue weighted by Crippen LogP contribution is 2.33. The Kier molecular flexibility index (Phi) is 5.35. The molecule has 0 fully saturated rings. The van der Waals surface area contributed by atoms with Gasteiger partial charge in [0.1, 0.15) is 5.75 Å². The van der Waals surface area contributed by atoms with E-state index in [0.717, 1.165) is 0 Å². The van der Waals surface area contributed by atoms with Gasteiger partial charge in [0.05, 0.1) is 27.3 Å². The number of amides is 1. The minimum Gasteiger partial charge on any atom is -0.455 e. The van der Waals surface area contributed by atoms with E-state index < -0.39 is 17.0 Å². The van der Waals surface area contributed by atoms with E-state index >= 15 is 0 Å². The molecule has 31 heavy (non-hydrogen) atoms. The van der Waals surface area contributed by atoms with Gasteiger partial charge in [0, 0.05) is 20.2 Å². The first-order chi connectivity index (χ1) is 14.9. The first-order valence-electron chi connectivity index (χ1n) is 9.39. The molecule has 8 heteroatoms. The molecule has 1 aromatic heterocycles. The molecule has 4 aromatic rings. The van der Waals surface area contributed by atoms with Crippen molar-refractivity contribution in [1.29, 1.82) is 0 Å². The first kappa shape index (κ1) is 20.4. The maximum Gasteiger partial charge on any atom is 0.316 e. The fraction of sp³-hybridized carbons (Fsp3) is 0.0870. The number of hydrogen-bond donors (Lipinski definition) is 1. The Balaban J connectivity index is 1.89. The summed E-state index contributed by atoms with van der Waals surface area (Å²) >= 11 is 6.16. The van der Waals surface area contributed by atoms with Crippen molar-refractivity contribution in [2.24, 2.45) is 14.1 Å². The molecule has 4 rings (SSSR count). The lowest BCUT2D eigenvalue weighted by atomic mass is 10.2. The molecule has 0 aliphatic rings. The average Bonchev–Trinajstić information content (AvgIpc) is 2.78. The van der Waals surface area contributed by atoms with E-state index in [1.54, 1.807) is 48.5 Å². The maximum atomic E-state index is 12.9. The van der Waals surface area contributed by atoms with Crippen molar-refractivity contribution < 1.29 is 9.53 Å². The molecular formula is C23H18ClN3O4. The Hall–Kier alpha value is -3.84. The van der Waals surface area contributed by atoms with E-state index in [4.69, 9.17) is 16.3 Å². The zero-order chi connectivity index (χ0) is 22.1. The van der Waals surface area contributed by atoms with Crippen LogP contribution in [0.5, 0.6) is 11.5 Å². The third-order valence-corrected chi connectivity index (χ3v) is 5.26. The molecule has 1 heterocycles. The van der Waals surface area contributed by atoms with Crippen molar-refractivity contribution in [2.45, 2.75) is 0 Å². The standard InChI is InChI=1S/C23H18ClN3O4/c1-26-18-12-17(25-21(28)15-10-6-7-11-16(15)24)20(31-14-8-4-3-5-9-14)13-19(18)27(2)23(30)22(26)29/h3-13H,1-2H3,(H,25,28). The van der Waals surface area contributed by atoms with E-state index in [0.29, 0.717) is 38.8 Å². The van der Waals surface area contributed by atoms with Crippen molar-refractivity contribution in [2.75, 3.05) is 5.32 Å². The number of nitrogens with one attached hydrogen (secondary N) is 1. The Morgan fingerprint density at radius 2 is 1.45 bits per heavy atom. The van der Waals surface area contributed by atoms with E-state index in [9.17, 15) is 14.4 Å². The van der Waals surface area contributed by atoms with Gasteiger partial charge in [-0.3, -0.25) is 14.4 Å². The quantitative estimate of drug-likeness (QED) is 0.492. The number of carbonyl (C=O) groups is 1. The third-order valence-electron chi connectivity index (χ3n) is 4.93. The van der Waals surface area contributed by atoms with E-state index in [-0.39, 0.29) is 0 Å². The van der Waals surface area contributed by atoms with Crippen molar-refractivity contribution in [3.63, 3.8) is 0 Å². The van der Waals surface area contributed by atoms with Gasteiger partial charge in [0.15, 0.2) is 5.75 Å². The fourth-order valence-corrected chi connectivity index (χ4v) is 3.45. The smallest absolute Gasteiger partial charge is 0.316 e. The summed E-state index contributed by atoms with van der Waals surface area (Å²) in [6.07, 6.45) is 0. The first-order valence-corrected chi connectivity index (χ1v) is 9.77. The van der Waals surface area contributed by atoms with E-state index in [1.807, 2.05) is 18.2 Å². The second kappa shape index (κ2) is 8.12. The minimum absolute atomic E-state index is 0.296. The lowest BCUT2D eigenvalue weighted by Crippen LogP contribution is -2.39. The van der Waals surface area contributed by atoms with E-state index in [2.05, 4.69) is 5.32 Å². The van der Waals surface area contributed by atoms with Crippen molar-refractivity contribution in [1.82, 2.24) is 9.13 Å². The predicted molar refractivity (Wildman–Crippen MR) is 120 cm³/mol. The Bertz CT molecular complexity index is 1420.